The van der Waals surface area contributed by atoms with Gasteiger partial charge in [0.25, 0.3) is 5.91 Å². The van der Waals surface area contributed by atoms with E-state index in [9.17, 15) is 9.59 Å². The number of hydrogen-bond donors (Lipinski definition) is 0. The fourth-order valence-electron chi connectivity index (χ4n) is 4.18. The molecule has 2 fully saturated rings. The molecule has 4 rings (SSSR count). The van der Waals surface area contributed by atoms with Gasteiger partial charge in [0.2, 0.25) is 5.91 Å². The van der Waals surface area contributed by atoms with Gasteiger partial charge in [0.1, 0.15) is 6.26 Å². The maximum Gasteiger partial charge on any atom is 0.257 e. The van der Waals surface area contributed by atoms with Crippen LogP contribution in [0.4, 0.5) is 0 Å². The van der Waals surface area contributed by atoms with Crippen LogP contribution in [-0.2, 0) is 11.3 Å². The van der Waals surface area contributed by atoms with E-state index in [1.807, 2.05) is 30.0 Å². The molecule has 2 amide bonds. The Morgan fingerprint density at radius 2 is 2.15 bits per heavy atom. The first-order valence-corrected chi connectivity index (χ1v) is 9.11. The van der Waals surface area contributed by atoms with E-state index < -0.39 is 5.41 Å². The minimum absolute atomic E-state index is 0.0515. The highest BCUT2D eigenvalue weighted by molar-refractivity contribution is 5.95. The number of nitrogens with zero attached hydrogens (tertiary/aromatic N) is 3. The van der Waals surface area contributed by atoms with Crippen LogP contribution in [-0.4, -0.2) is 46.2 Å². The summed E-state index contributed by atoms with van der Waals surface area (Å²) in [7, 11) is 0. The third kappa shape index (κ3) is 3.00. The average Bonchev–Trinajstić information content (AvgIpc) is 3.27. The number of furan rings is 1. The van der Waals surface area contributed by atoms with Crippen LogP contribution in [0.25, 0.3) is 0 Å². The molecule has 2 aromatic rings. The Morgan fingerprint density at radius 1 is 1.27 bits per heavy atom. The normalized spacial score (nSPS) is 23.0. The molecule has 0 aromatic carbocycles. The van der Waals surface area contributed by atoms with Gasteiger partial charge in [-0.15, -0.1) is 0 Å². The first-order valence-electron chi connectivity index (χ1n) is 9.11. The molecule has 2 aliphatic heterocycles. The topological polar surface area (TPSA) is 66.7 Å². The Bertz CT molecular complexity index is 817. The first kappa shape index (κ1) is 16.8. The lowest BCUT2D eigenvalue weighted by Crippen LogP contribution is -2.49. The number of hydrogen-bond acceptors (Lipinski definition) is 4. The van der Waals surface area contributed by atoms with Crippen molar-refractivity contribution in [2.24, 2.45) is 5.41 Å². The van der Waals surface area contributed by atoms with Crippen molar-refractivity contribution in [1.29, 1.82) is 0 Å². The van der Waals surface area contributed by atoms with Crippen molar-refractivity contribution in [2.75, 3.05) is 19.6 Å². The van der Waals surface area contributed by atoms with E-state index in [0.29, 0.717) is 25.2 Å². The molecule has 26 heavy (non-hydrogen) atoms. The van der Waals surface area contributed by atoms with Crippen molar-refractivity contribution in [1.82, 2.24) is 14.8 Å². The summed E-state index contributed by atoms with van der Waals surface area (Å²) >= 11 is 0. The number of amides is 2. The number of carbonyl (C=O) groups excluding carboxylic acids is 2. The molecule has 0 bridgehead atoms. The second-order valence-electron chi connectivity index (χ2n) is 7.37. The van der Waals surface area contributed by atoms with Gasteiger partial charge in [-0.2, -0.15) is 0 Å². The van der Waals surface area contributed by atoms with E-state index in [-0.39, 0.29) is 11.8 Å². The molecule has 2 saturated heterocycles. The van der Waals surface area contributed by atoms with Gasteiger partial charge in [-0.3, -0.25) is 14.6 Å². The van der Waals surface area contributed by atoms with E-state index in [0.717, 1.165) is 37.2 Å². The van der Waals surface area contributed by atoms with Crippen molar-refractivity contribution in [2.45, 2.75) is 32.7 Å². The van der Waals surface area contributed by atoms with Gasteiger partial charge in [0.05, 0.1) is 29.5 Å². The second kappa shape index (κ2) is 6.59. The lowest BCUT2D eigenvalue weighted by molar-refractivity contribution is -0.138. The third-order valence-electron chi connectivity index (χ3n) is 5.53. The zero-order chi connectivity index (χ0) is 18.1. The molecule has 6 nitrogen and oxygen atoms in total. The Labute approximate surface area is 152 Å². The van der Waals surface area contributed by atoms with Crippen LogP contribution in [0.15, 0.2) is 41.2 Å². The van der Waals surface area contributed by atoms with Gasteiger partial charge < -0.3 is 14.2 Å². The Morgan fingerprint density at radius 3 is 2.92 bits per heavy atom. The van der Waals surface area contributed by atoms with Crippen molar-refractivity contribution in [3.8, 4) is 0 Å². The molecule has 0 aliphatic carbocycles. The van der Waals surface area contributed by atoms with Gasteiger partial charge in [-0.05, 0) is 44.4 Å². The van der Waals surface area contributed by atoms with E-state index in [1.165, 1.54) is 12.5 Å². The summed E-state index contributed by atoms with van der Waals surface area (Å²) < 4.78 is 5.03. The summed E-state index contributed by atoms with van der Waals surface area (Å²) in [4.78, 5) is 34.0. The summed E-state index contributed by atoms with van der Waals surface area (Å²) in [6.07, 6.45) is 5.47. The average molecular weight is 353 g/mol. The van der Waals surface area contributed by atoms with E-state index in [2.05, 4.69) is 4.98 Å². The molecule has 2 aromatic heterocycles. The van der Waals surface area contributed by atoms with Gasteiger partial charge in [-0.25, -0.2) is 0 Å². The zero-order valence-electron chi connectivity index (χ0n) is 15.0. The lowest BCUT2D eigenvalue weighted by Gasteiger charge is -2.38. The number of aromatic nitrogens is 1. The van der Waals surface area contributed by atoms with Crippen LogP contribution in [0.1, 0.15) is 41.0 Å². The number of likely N-dealkylation sites (tertiary alicyclic amines) is 2. The number of carbonyl (C=O) groups is 2. The zero-order valence-corrected chi connectivity index (χ0v) is 15.0. The maximum atomic E-state index is 13.2. The number of pyridine rings is 1. The van der Waals surface area contributed by atoms with Crippen LogP contribution in [0.5, 0.6) is 0 Å². The summed E-state index contributed by atoms with van der Waals surface area (Å²) in [5, 5.41) is 0. The standard InChI is InChI=1S/C20H23N3O3/c1-15-4-2-5-17(21-15)12-22-10-8-20(19(22)25)7-3-9-23(14-20)18(24)16-6-11-26-13-16/h2,4-6,11,13H,3,7-10,12,14H2,1H3/t20-/m0/s1. The molecule has 0 unspecified atom stereocenters. The van der Waals surface area contributed by atoms with E-state index in [1.54, 1.807) is 11.0 Å². The molecule has 0 radical (unpaired) electrons. The van der Waals surface area contributed by atoms with Crippen LogP contribution >= 0.6 is 0 Å². The van der Waals surface area contributed by atoms with E-state index >= 15 is 0 Å². The number of aryl methyl sites for hydroxylation is 1. The minimum Gasteiger partial charge on any atom is -0.472 e. The third-order valence-corrected chi connectivity index (χ3v) is 5.53. The molecule has 2 aliphatic rings. The van der Waals surface area contributed by atoms with Gasteiger partial charge in [0, 0.05) is 25.3 Å². The Hall–Kier alpha value is -2.63. The highest BCUT2D eigenvalue weighted by Gasteiger charge is 2.49. The molecular formula is C20H23N3O3. The largest absolute Gasteiger partial charge is 0.472 e. The molecule has 0 saturated carbocycles. The minimum atomic E-state index is -0.443. The second-order valence-corrected chi connectivity index (χ2v) is 7.37. The molecule has 1 atom stereocenters. The van der Waals surface area contributed by atoms with E-state index in [4.69, 9.17) is 4.42 Å². The molecule has 1 spiro atoms. The summed E-state index contributed by atoms with van der Waals surface area (Å²) in [5.41, 5.74) is 1.98. The molecule has 4 heterocycles. The highest BCUT2D eigenvalue weighted by atomic mass is 16.3. The smallest absolute Gasteiger partial charge is 0.257 e. The SMILES string of the molecule is Cc1cccc(CN2CC[C@]3(CCCN(C(=O)c4ccoc4)C3)C2=O)n1. The molecule has 0 N–H and O–H groups in total. The number of piperidine rings is 1. The van der Waals surface area contributed by atoms with Gasteiger partial charge >= 0.3 is 0 Å². The van der Waals surface area contributed by atoms with Gasteiger partial charge in [0.15, 0.2) is 0 Å². The predicted octanol–water partition coefficient (Wildman–Crippen LogP) is 2.64. The Kier molecular flexibility index (Phi) is 4.26. The molecule has 136 valence electrons. The van der Waals surface area contributed by atoms with Crippen molar-refractivity contribution in [3.05, 3.63) is 53.7 Å². The number of rotatable bonds is 3. The van der Waals surface area contributed by atoms with Crippen LogP contribution in [0, 0.1) is 12.3 Å². The van der Waals surface area contributed by atoms with Crippen LogP contribution < -0.4 is 0 Å². The van der Waals surface area contributed by atoms with Gasteiger partial charge in [-0.1, -0.05) is 6.07 Å². The molecular weight excluding hydrogens is 330 g/mol. The maximum absolute atomic E-state index is 13.2. The highest BCUT2D eigenvalue weighted by Crippen LogP contribution is 2.41. The monoisotopic (exact) mass is 353 g/mol. The lowest BCUT2D eigenvalue weighted by atomic mass is 9.78. The molecule has 6 heteroatoms. The first-order chi connectivity index (χ1) is 12.6. The van der Waals surface area contributed by atoms with Crippen LogP contribution in [0.2, 0.25) is 0 Å². The quantitative estimate of drug-likeness (QED) is 0.851. The van der Waals surface area contributed by atoms with Crippen LogP contribution in [0.3, 0.4) is 0 Å². The van der Waals surface area contributed by atoms with Crippen molar-refractivity contribution >= 4 is 11.8 Å². The summed E-state index contributed by atoms with van der Waals surface area (Å²) in [6.45, 7) is 4.41. The fourth-order valence-corrected chi connectivity index (χ4v) is 4.18. The summed E-state index contributed by atoms with van der Waals surface area (Å²) in [5.74, 6) is 0.106. The fraction of sp³-hybridized carbons (Fsp3) is 0.450. The Balaban J connectivity index is 1.48. The van der Waals surface area contributed by atoms with Crippen molar-refractivity contribution < 1.29 is 14.0 Å². The van der Waals surface area contributed by atoms with Crippen molar-refractivity contribution in [3.63, 3.8) is 0 Å². The predicted molar refractivity (Wildman–Crippen MR) is 95.3 cm³/mol. The summed E-state index contributed by atoms with van der Waals surface area (Å²) in [6, 6.07) is 7.56.